The molecular formula is C13H12N2O7. The van der Waals surface area contributed by atoms with Crippen LogP contribution >= 0.6 is 0 Å². The minimum atomic E-state index is -0.962. The van der Waals surface area contributed by atoms with Crippen LogP contribution in [0.4, 0.5) is 10.5 Å². The molecule has 0 saturated carbocycles. The SMILES string of the molecule is O=C1CC[C@H](NC(=O)OCc2ccccc2[N+](=O)[O-])C(=O)O1. The summed E-state index contributed by atoms with van der Waals surface area (Å²) in [7, 11) is 0. The molecule has 1 fully saturated rings. The predicted molar refractivity (Wildman–Crippen MR) is 70.5 cm³/mol. The Morgan fingerprint density at radius 2 is 2.14 bits per heavy atom. The van der Waals surface area contributed by atoms with Gasteiger partial charge in [0.1, 0.15) is 12.6 Å². The minimum absolute atomic E-state index is 0.0147. The molecule has 2 rings (SSSR count). The van der Waals surface area contributed by atoms with Gasteiger partial charge in [0.2, 0.25) is 0 Å². The van der Waals surface area contributed by atoms with Crippen LogP contribution in [0.5, 0.6) is 0 Å². The van der Waals surface area contributed by atoms with Gasteiger partial charge >= 0.3 is 18.0 Å². The number of nitro benzene ring substituents is 1. The number of benzene rings is 1. The van der Waals surface area contributed by atoms with E-state index in [4.69, 9.17) is 4.74 Å². The van der Waals surface area contributed by atoms with Gasteiger partial charge in [0.05, 0.1) is 10.5 Å². The number of nitro groups is 1. The molecule has 9 nitrogen and oxygen atoms in total. The van der Waals surface area contributed by atoms with E-state index < -0.39 is 29.0 Å². The molecule has 0 spiro atoms. The van der Waals surface area contributed by atoms with Gasteiger partial charge in [-0.15, -0.1) is 0 Å². The maximum absolute atomic E-state index is 11.6. The molecule has 1 atom stereocenters. The van der Waals surface area contributed by atoms with Crippen LogP contribution in [-0.4, -0.2) is 29.0 Å². The molecule has 1 N–H and O–H groups in total. The summed E-state index contributed by atoms with van der Waals surface area (Å²) in [5, 5.41) is 13.1. The molecule has 0 bridgehead atoms. The van der Waals surface area contributed by atoms with E-state index in [2.05, 4.69) is 10.1 Å². The highest BCUT2D eigenvalue weighted by Crippen LogP contribution is 2.18. The molecule has 9 heteroatoms. The first-order valence-electron chi connectivity index (χ1n) is 6.37. The highest BCUT2D eigenvalue weighted by molar-refractivity contribution is 5.92. The number of hydrogen-bond donors (Lipinski definition) is 1. The zero-order valence-corrected chi connectivity index (χ0v) is 11.3. The standard InChI is InChI=1S/C13H12N2O7/c16-11-6-5-9(12(17)22-11)14-13(18)21-7-8-3-1-2-4-10(8)15(19)20/h1-4,9H,5-7H2,(H,14,18)/t9-/m0/s1. The van der Waals surface area contributed by atoms with Gasteiger partial charge in [-0.2, -0.15) is 0 Å². The van der Waals surface area contributed by atoms with Gasteiger partial charge in [0.25, 0.3) is 5.69 Å². The van der Waals surface area contributed by atoms with Gasteiger partial charge in [0, 0.05) is 12.5 Å². The molecule has 1 aliphatic heterocycles. The second kappa shape index (κ2) is 6.66. The van der Waals surface area contributed by atoms with E-state index in [1.165, 1.54) is 18.2 Å². The number of nitrogens with one attached hydrogen (secondary N) is 1. The van der Waals surface area contributed by atoms with Crippen LogP contribution in [0.3, 0.4) is 0 Å². The molecule has 0 unspecified atom stereocenters. The largest absolute Gasteiger partial charge is 0.444 e. The lowest BCUT2D eigenvalue weighted by Crippen LogP contribution is -2.45. The van der Waals surface area contributed by atoms with Gasteiger partial charge in [-0.1, -0.05) is 12.1 Å². The van der Waals surface area contributed by atoms with Crippen molar-refractivity contribution in [3.05, 3.63) is 39.9 Å². The molecule has 1 saturated heterocycles. The normalized spacial score (nSPS) is 17.5. The van der Waals surface area contributed by atoms with Gasteiger partial charge in [-0.25, -0.2) is 9.59 Å². The van der Waals surface area contributed by atoms with Crippen molar-refractivity contribution in [1.82, 2.24) is 5.32 Å². The first kappa shape index (κ1) is 15.4. The topological polar surface area (TPSA) is 125 Å². The predicted octanol–water partition coefficient (Wildman–Crippen LogP) is 1.05. The summed E-state index contributed by atoms with van der Waals surface area (Å²) in [4.78, 5) is 44.0. The zero-order valence-electron chi connectivity index (χ0n) is 11.3. The van der Waals surface area contributed by atoms with Gasteiger partial charge < -0.3 is 14.8 Å². The zero-order chi connectivity index (χ0) is 16.1. The fraction of sp³-hybridized carbons (Fsp3) is 0.308. The van der Waals surface area contributed by atoms with Crippen LogP contribution < -0.4 is 5.32 Å². The van der Waals surface area contributed by atoms with Crippen LogP contribution in [-0.2, 0) is 25.7 Å². The second-order valence-electron chi connectivity index (χ2n) is 4.49. The molecule has 1 amide bonds. The number of hydrogen-bond acceptors (Lipinski definition) is 7. The van der Waals surface area contributed by atoms with Crippen molar-refractivity contribution in [2.45, 2.75) is 25.5 Å². The molecule has 1 aliphatic rings. The summed E-state index contributed by atoms with van der Waals surface area (Å²) in [6.45, 7) is -0.316. The van der Waals surface area contributed by atoms with E-state index >= 15 is 0 Å². The highest BCUT2D eigenvalue weighted by atomic mass is 16.6. The summed E-state index contributed by atoms with van der Waals surface area (Å²) in [5.74, 6) is -1.49. The van der Waals surface area contributed by atoms with E-state index in [1.54, 1.807) is 6.07 Å². The molecule has 1 heterocycles. The van der Waals surface area contributed by atoms with E-state index in [-0.39, 0.29) is 30.7 Å². The van der Waals surface area contributed by atoms with Gasteiger partial charge in [-0.3, -0.25) is 14.9 Å². The van der Waals surface area contributed by atoms with Crippen molar-refractivity contribution in [2.24, 2.45) is 0 Å². The average molecular weight is 308 g/mol. The number of rotatable bonds is 4. The number of amides is 1. The lowest BCUT2D eigenvalue weighted by Gasteiger charge is -2.20. The molecule has 0 radical (unpaired) electrons. The van der Waals surface area contributed by atoms with E-state index in [0.717, 1.165) is 0 Å². The quantitative estimate of drug-likeness (QED) is 0.381. The summed E-state index contributed by atoms with van der Waals surface area (Å²) < 4.78 is 9.23. The van der Waals surface area contributed by atoms with Crippen molar-refractivity contribution < 1.29 is 28.8 Å². The van der Waals surface area contributed by atoms with Crippen molar-refractivity contribution >= 4 is 23.7 Å². The van der Waals surface area contributed by atoms with Crippen LogP contribution in [0.1, 0.15) is 18.4 Å². The van der Waals surface area contributed by atoms with Crippen molar-refractivity contribution in [3.63, 3.8) is 0 Å². The van der Waals surface area contributed by atoms with Crippen molar-refractivity contribution in [3.8, 4) is 0 Å². The van der Waals surface area contributed by atoms with Crippen molar-refractivity contribution in [2.75, 3.05) is 0 Å². The van der Waals surface area contributed by atoms with Crippen LogP contribution in [0, 0.1) is 10.1 Å². The number of cyclic esters (lactones) is 2. The lowest BCUT2D eigenvalue weighted by molar-refractivity contribution is -0.385. The van der Waals surface area contributed by atoms with Crippen LogP contribution in [0.2, 0.25) is 0 Å². The summed E-state index contributed by atoms with van der Waals surface area (Å²) in [6.07, 6.45) is -0.784. The monoisotopic (exact) mass is 308 g/mol. The van der Waals surface area contributed by atoms with E-state index in [9.17, 15) is 24.5 Å². The second-order valence-corrected chi connectivity index (χ2v) is 4.49. The molecular weight excluding hydrogens is 296 g/mol. The highest BCUT2D eigenvalue weighted by Gasteiger charge is 2.30. The number of ether oxygens (including phenoxy) is 2. The fourth-order valence-electron chi connectivity index (χ4n) is 1.88. The van der Waals surface area contributed by atoms with E-state index in [0.29, 0.717) is 0 Å². The number of alkyl carbamates (subject to hydrolysis) is 1. The van der Waals surface area contributed by atoms with Crippen LogP contribution in [0.25, 0.3) is 0 Å². The van der Waals surface area contributed by atoms with Crippen LogP contribution in [0.15, 0.2) is 24.3 Å². The minimum Gasteiger partial charge on any atom is -0.444 e. The summed E-state index contributed by atoms with van der Waals surface area (Å²) in [6, 6.07) is 4.86. The molecule has 116 valence electrons. The number of carbonyl (C=O) groups excluding carboxylic acids is 3. The first-order valence-corrected chi connectivity index (χ1v) is 6.37. The molecule has 0 aliphatic carbocycles. The Kier molecular flexibility index (Phi) is 4.66. The Labute approximate surface area is 124 Å². The first-order chi connectivity index (χ1) is 10.5. The number of nitrogens with zero attached hydrogens (tertiary/aromatic N) is 1. The Morgan fingerprint density at radius 3 is 2.82 bits per heavy atom. The Balaban J connectivity index is 1.90. The smallest absolute Gasteiger partial charge is 0.408 e. The van der Waals surface area contributed by atoms with Gasteiger partial charge in [0.15, 0.2) is 0 Å². The Morgan fingerprint density at radius 1 is 1.41 bits per heavy atom. The third-order valence-electron chi connectivity index (χ3n) is 2.98. The third kappa shape index (κ3) is 3.78. The third-order valence-corrected chi connectivity index (χ3v) is 2.98. The molecule has 22 heavy (non-hydrogen) atoms. The maximum atomic E-state index is 11.6. The molecule has 0 aromatic heterocycles. The number of esters is 2. The maximum Gasteiger partial charge on any atom is 0.408 e. The van der Waals surface area contributed by atoms with Gasteiger partial charge in [-0.05, 0) is 12.5 Å². The number of para-hydroxylation sites is 1. The number of carbonyl (C=O) groups is 3. The fourth-order valence-corrected chi connectivity index (χ4v) is 1.88. The Hall–Kier alpha value is -2.97. The summed E-state index contributed by atoms with van der Waals surface area (Å²) in [5.41, 5.74) is 0.0574. The Bertz CT molecular complexity index is 629. The van der Waals surface area contributed by atoms with E-state index in [1.807, 2.05) is 0 Å². The lowest BCUT2D eigenvalue weighted by atomic mass is 10.1. The average Bonchev–Trinajstić information content (AvgIpc) is 2.48. The van der Waals surface area contributed by atoms with Crippen molar-refractivity contribution in [1.29, 1.82) is 0 Å². The molecule has 1 aromatic carbocycles. The molecule has 1 aromatic rings. The summed E-state index contributed by atoms with van der Waals surface area (Å²) >= 11 is 0.